The molecule has 1 saturated carbocycles. The van der Waals surface area contributed by atoms with Crippen LogP contribution in [0.4, 0.5) is 16.2 Å². The SMILES string of the molecule is Cc1cc(N(C(=O)OC(C(=O)Nc2c(Cl)c(Cl)cc(Cl)c2Cl)C(=O)C(C)(C)C)C2CCCC2)ccc1/C=C(\C#N)c1nc2ccccc2o1. The maximum absolute atomic E-state index is 14.1. The summed E-state index contributed by atoms with van der Waals surface area (Å²) < 4.78 is 11.6. The van der Waals surface area contributed by atoms with Gasteiger partial charge in [0.25, 0.3) is 5.91 Å². The van der Waals surface area contributed by atoms with Crippen molar-refractivity contribution < 1.29 is 23.5 Å². The lowest BCUT2D eigenvalue weighted by Crippen LogP contribution is -2.48. The van der Waals surface area contributed by atoms with Crippen molar-refractivity contribution in [1.29, 1.82) is 5.26 Å². The van der Waals surface area contributed by atoms with Crippen LogP contribution in [0.1, 0.15) is 63.5 Å². The Bertz CT molecular complexity index is 1960. The number of amides is 2. The van der Waals surface area contributed by atoms with Gasteiger partial charge in [0.05, 0.1) is 25.8 Å². The van der Waals surface area contributed by atoms with Gasteiger partial charge in [-0.1, -0.05) is 98.2 Å². The number of aromatic nitrogens is 1. The third-order valence-corrected chi connectivity index (χ3v) is 9.73. The number of hydrogen-bond acceptors (Lipinski definition) is 7. The first kappa shape index (κ1) is 36.2. The molecule has 0 spiro atoms. The van der Waals surface area contributed by atoms with Gasteiger partial charge in [-0.3, -0.25) is 14.5 Å². The highest BCUT2D eigenvalue weighted by atomic mass is 35.5. The van der Waals surface area contributed by atoms with Crippen LogP contribution in [0.2, 0.25) is 20.1 Å². The highest BCUT2D eigenvalue weighted by Gasteiger charge is 2.41. The van der Waals surface area contributed by atoms with E-state index < -0.39 is 29.3 Å². The summed E-state index contributed by atoms with van der Waals surface area (Å²) >= 11 is 24.9. The summed E-state index contributed by atoms with van der Waals surface area (Å²) in [5.41, 5.74) is 2.20. The summed E-state index contributed by atoms with van der Waals surface area (Å²) in [5.74, 6) is -1.43. The van der Waals surface area contributed by atoms with E-state index in [1.54, 1.807) is 57.2 Å². The van der Waals surface area contributed by atoms with Crippen molar-refractivity contribution in [3.63, 3.8) is 0 Å². The van der Waals surface area contributed by atoms with Crippen molar-refractivity contribution in [3.05, 3.63) is 85.6 Å². The van der Waals surface area contributed by atoms with Crippen LogP contribution >= 0.6 is 46.4 Å². The zero-order valence-electron chi connectivity index (χ0n) is 27.1. The van der Waals surface area contributed by atoms with Crippen molar-refractivity contribution >= 4 is 98.3 Å². The predicted molar refractivity (Wildman–Crippen MR) is 193 cm³/mol. The molecule has 254 valence electrons. The van der Waals surface area contributed by atoms with E-state index in [2.05, 4.69) is 16.4 Å². The molecule has 4 aromatic rings. The Balaban J connectivity index is 1.47. The number of nitrogens with zero attached hydrogens (tertiary/aromatic N) is 3. The minimum atomic E-state index is -1.86. The monoisotopic (exact) mass is 740 g/mol. The number of ether oxygens (including phenoxy) is 1. The number of nitrogens with one attached hydrogen (secondary N) is 1. The highest BCUT2D eigenvalue weighted by molar-refractivity contribution is 6.50. The van der Waals surface area contributed by atoms with Crippen molar-refractivity contribution in [2.75, 3.05) is 10.2 Å². The molecule has 1 aliphatic carbocycles. The van der Waals surface area contributed by atoms with Gasteiger partial charge in [0.15, 0.2) is 11.4 Å². The summed E-state index contributed by atoms with van der Waals surface area (Å²) in [7, 11) is 0. The molecule has 49 heavy (non-hydrogen) atoms. The van der Waals surface area contributed by atoms with E-state index in [4.69, 9.17) is 55.6 Å². The van der Waals surface area contributed by atoms with Gasteiger partial charge in [-0.05, 0) is 67.3 Å². The van der Waals surface area contributed by atoms with Crippen LogP contribution in [0.5, 0.6) is 0 Å². The number of carbonyl (C=O) groups is 3. The largest absolute Gasteiger partial charge is 0.435 e. The molecular weight excluding hydrogens is 710 g/mol. The second-order valence-corrected chi connectivity index (χ2v) is 14.3. The lowest BCUT2D eigenvalue weighted by Gasteiger charge is -2.31. The van der Waals surface area contributed by atoms with Gasteiger partial charge in [0.1, 0.15) is 17.2 Å². The van der Waals surface area contributed by atoms with Gasteiger partial charge in [0, 0.05) is 17.1 Å². The first-order valence-electron chi connectivity index (χ1n) is 15.5. The van der Waals surface area contributed by atoms with E-state index in [1.165, 1.54) is 11.0 Å². The average Bonchev–Trinajstić information content (AvgIpc) is 3.74. The van der Waals surface area contributed by atoms with Gasteiger partial charge in [-0.15, -0.1) is 0 Å². The molecule has 13 heteroatoms. The predicted octanol–water partition coefficient (Wildman–Crippen LogP) is 10.3. The molecule has 1 atom stereocenters. The fourth-order valence-corrected chi connectivity index (χ4v) is 6.44. The van der Waals surface area contributed by atoms with Crippen molar-refractivity contribution in [2.24, 2.45) is 5.41 Å². The Morgan fingerprint density at radius 3 is 2.29 bits per heavy atom. The normalized spacial score (nSPS) is 14.4. The van der Waals surface area contributed by atoms with Crippen LogP contribution in [0.3, 0.4) is 0 Å². The first-order valence-corrected chi connectivity index (χ1v) is 17.0. The fourth-order valence-electron chi connectivity index (χ4n) is 5.53. The summed E-state index contributed by atoms with van der Waals surface area (Å²) in [5, 5.41) is 12.3. The number of carbonyl (C=O) groups excluding carboxylic acids is 3. The topological polar surface area (TPSA) is 126 Å². The Morgan fingerprint density at radius 1 is 1.04 bits per heavy atom. The number of hydrogen-bond donors (Lipinski definition) is 1. The maximum atomic E-state index is 14.1. The summed E-state index contributed by atoms with van der Waals surface area (Å²) in [6, 6.07) is 15.8. The third-order valence-electron chi connectivity index (χ3n) is 8.16. The minimum Gasteiger partial charge on any atom is -0.435 e. The van der Waals surface area contributed by atoms with Gasteiger partial charge >= 0.3 is 6.09 Å². The van der Waals surface area contributed by atoms with Crippen LogP contribution in [-0.2, 0) is 14.3 Å². The molecule has 9 nitrogen and oxygen atoms in total. The van der Waals surface area contributed by atoms with Crippen LogP contribution < -0.4 is 10.2 Å². The number of fused-ring (bicyclic) bond motifs is 1. The van der Waals surface area contributed by atoms with E-state index in [1.807, 2.05) is 19.1 Å². The van der Waals surface area contributed by atoms with E-state index in [-0.39, 0.29) is 43.3 Å². The Labute approximate surface area is 303 Å². The smallest absolute Gasteiger partial charge is 0.415 e. The maximum Gasteiger partial charge on any atom is 0.415 e. The Morgan fingerprint density at radius 2 is 1.69 bits per heavy atom. The highest BCUT2D eigenvalue weighted by Crippen LogP contribution is 2.41. The molecule has 1 unspecified atom stereocenters. The van der Waals surface area contributed by atoms with E-state index >= 15 is 0 Å². The van der Waals surface area contributed by atoms with Gasteiger partial charge in [0.2, 0.25) is 12.0 Å². The molecule has 0 saturated heterocycles. The number of allylic oxidation sites excluding steroid dienone is 1. The molecule has 1 aromatic heterocycles. The number of oxazole rings is 1. The molecule has 2 amide bonds. The Hall–Kier alpha value is -4.07. The lowest BCUT2D eigenvalue weighted by atomic mass is 9.87. The Kier molecular flexibility index (Phi) is 10.9. The van der Waals surface area contributed by atoms with Gasteiger partial charge in [-0.2, -0.15) is 5.26 Å². The second kappa shape index (κ2) is 14.8. The van der Waals surface area contributed by atoms with Crippen molar-refractivity contribution in [3.8, 4) is 6.07 Å². The van der Waals surface area contributed by atoms with E-state index in [0.29, 0.717) is 35.2 Å². The molecule has 0 bridgehead atoms. The first-order chi connectivity index (χ1) is 23.2. The summed E-state index contributed by atoms with van der Waals surface area (Å²) in [6.45, 7) is 6.68. The number of aryl methyl sites for hydroxylation is 1. The molecule has 1 fully saturated rings. The molecule has 0 aliphatic heterocycles. The molecule has 3 aromatic carbocycles. The molecule has 1 heterocycles. The number of para-hydroxylation sites is 2. The summed E-state index contributed by atoms with van der Waals surface area (Å²) in [6.07, 6.45) is 2.11. The van der Waals surface area contributed by atoms with Crippen molar-refractivity contribution in [2.45, 2.75) is 65.5 Å². The third kappa shape index (κ3) is 7.89. The molecule has 1 aliphatic rings. The van der Waals surface area contributed by atoms with Crippen LogP contribution in [0.15, 0.2) is 52.9 Å². The molecular formula is C36H32Cl4N4O5. The quantitative estimate of drug-likeness (QED) is 0.108. The van der Waals surface area contributed by atoms with Crippen LogP contribution in [0.25, 0.3) is 22.7 Å². The fraction of sp³-hybridized carbons (Fsp3) is 0.306. The zero-order chi connectivity index (χ0) is 35.6. The van der Waals surface area contributed by atoms with E-state index in [9.17, 15) is 19.6 Å². The van der Waals surface area contributed by atoms with Crippen molar-refractivity contribution in [1.82, 2.24) is 4.98 Å². The molecule has 5 rings (SSSR count). The molecule has 0 radical (unpaired) electrons. The summed E-state index contributed by atoms with van der Waals surface area (Å²) in [4.78, 5) is 47.2. The minimum absolute atomic E-state index is 0.0267. The standard InChI is InChI=1S/C36H32Cl4N4O5/c1-19-15-23(14-13-20(19)16-21(18-41)34-42-26-11-7-8-12-27(26)48-34)44(22-9-5-6-10-22)35(47)49-31(32(45)36(2,3)4)33(46)43-30-28(39)24(37)17-25(38)29(30)40/h7-8,11-17,22,31H,5-6,9-10H2,1-4H3,(H,43,46)/b21-16+. The van der Waals surface area contributed by atoms with Crippen LogP contribution in [0, 0.1) is 23.7 Å². The van der Waals surface area contributed by atoms with E-state index in [0.717, 1.165) is 18.4 Å². The average molecular weight is 742 g/mol. The lowest BCUT2D eigenvalue weighted by molar-refractivity contribution is -0.142. The number of benzene rings is 3. The number of nitriles is 1. The number of ketones is 1. The second-order valence-electron chi connectivity index (χ2n) is 12.7. The van der Waals surface area contributed by atoms with Gasteiger partial charge < -0.3 is 14.5 Å². The van der Waals surface area contributed by atoms with Crippen LogP contribution in [-0.4, -0.2) is 34.9 Å². The zero-order valence-corrected chi connectivity index (χ0v) is 30.1. The molecule has 1 N–H and O–H groups in total. The number of anilines is 2. The number of rotatable bonds is 8. The number of halogens is 4. The number of Topliss-reactive ketones (excluding diaryl/α,β-unsaturated/α-hetero) is 1. The van der Waals surface area contributed by atoms with Gasteiger partial charge in [-0.25, -0.2) is 9.78 Å².